The molecular formula is C28H30FNO6. The SMILES string of the molecule is COc1cccc(-c2ccc3c(c2)COC3(CCCN(C)C)c2ccc(F)cc2)c1.O=C(O)C(=O)O. The van der Waals surface area contributed by atoms with Crippen LogP contribution in [0, 0.1) is 5.82 Å². The van der Waals surface area contributed by atoms with Crippen molar-refractivity contribution in [1.29, 1.82) is 0 Å². The number of benzene rings is 3. The molecule has 0 fully saturated rings. The highest BCUT2D eigenvalue weighted by Crippen LogP contribution is 2.46. The monoisotopic (exact) mass is 495 g/mol. The minimum atomic E-state index is -1.82. The van der Waals surface area contributed by atoms with E-state index in [4.69, 9.17) is 29.3 Å². The van der Waals surface area contributed by atoms with Crippen LogP contribution in [0.15, 0.2) is 66.7 Å². The fourth-order valence-corrected chi connectivity index (χ4v) is 4.32. The van der Waals surface area contributed by atoms with Gasteiger partial charge in [-0.3, -0.25) is 0 Å². The van der Waals surface area contributed by atoms with Crippen molar-refractivity contribution in [2.75, 3.05) is 27.7 Å². The highest BCUT2D eigenvalue weighted by Gasteiger charge is 2.41. The summed E-state index contributed by atoms with van der Waals surface area (Å²) in [6, 6.07) is 21.4. The first-order valence-electron chi connectivity index (χ1n) is 11.4. The van der Waals surface area contributed by atoms with E-state index in [1.54, 1.807) is 7.11 Å². The Hall–Kier alpha value is -3.75. The van der Waals surface area contributed by atoms with E-state index in [0.717, 1.165) is 41.8 Å². The quantitative estimate of drug-likeness (QED) is 0.456. The standard InChI is InChI=1S/C26H28FNO2.C2H2O4/c1-28(2)15-5-14-26(22-9-11-23(27)12-10-22)25-13-8-20(16-21(25)18-30-26)19-6-4-7-24(17-19)29-3;3-1(4)2(5)6/h4,6-13,16-17H,5,14-15,18H2,1-3H3;(H,3,4)(H,5,6). The Bertz CT molecular complexity index is 1200. The minimum absolute atomic E-state index is 0.228. The lowest BCUT2D eigenvalue weighted by Gasteiger charge is -2.31. The molecule has 8 heteroatoms. The van der Waals surface area contributed by atoms with E-state index in [-0.39, 0.29) is 5.82 Å². The van der Waals surface area contributed by atoms with Gasteiger partial charge in [0.1, 0.15) is 17.2 Å². The average Bonchev–Trinajstić information content (AvgIpc) is 3.23. The van der Waals surface area contributed by atoms with Gasteiger partial charge in [-0.2, -0.15) is 0 Å². The molecule has 0 aliphatic carbocycles. The number of hydrogen-bond donors (Lipinski definition) is 2. The van der Waals surface area contributed by atoms with Gasteiger partial charge in [0.15, 0.2) is 0 Å². The van der Waals surface area contributed by atoms with E-state index in [0.29, 0.717) is 6.61 Å². The van der Waals surface area contributed by atoms with Crippen LogP contribution in [-0.2, 0) is 26.5 Å². The number of nitrogens with zero attached hydrogens (tertiary/aromatic N) is 1. The van der Waals surface area contributed by atoms with Crippen molar-refractivity contribution in [2.24, 2.45) is 0 Å². The Labute approximate surface area is 209 Å². The first kappa shape index (κ1) is 26.8. The smallest absolute Gasteiger partial charge is 0.414 e. The van der Waals surface area contributed by atoms with Crippen molar-refractivity contribution in [2.45, 2.75) is 25.0 Å². The topological polar surface area (TPSA) is 96.3 Å². The Balaban J connectivity index is 0.000000538. The lowest BCUT2D eigenvalue weighted by Crippen LogP contribution is -2.28. The highest BCUT2D eigenvalue weighted by molar-refractivity contribution is 6.27. The van der Waals surface area contributed by atoms with Crippen molar-refractivity contribution in [1.82, 2.24) is 4.90 Å². The van der Waals surface area contributed by atoms with E-state index in [9.17, 15) is 4.39 Å². The van der Waals surface area contributed by atoms with Crippen LogP contribution in [0.25, 0.3) is 11.1 Å². The van der Waals surface area contributed by atoms with Gasteiger partial charge in [-0.15, -0.1) is 0 Å². The second-order valence-corrected chi connectivity index (χ2v) is 8.74. The van der Waals surface area contributed by atoms with Crippen molar-refractivity contribution in [3.05, 3.63) is 89.2 Å². The zero-order valence-corrected chi connectivity index (χ0v) is 20.5. The second kappa shape index (κ2) is 11.8. The molecule has 1 atom stereocenters. The molecule has 0 saturated carbocycles. The van der Waals surface area contributed by atoms with Crippen LogP contribution in [-0.4, -0.2) is 54.8 Å². The van der Waals surface area contributed by atoms with Crippen molar-refractivity contribution in [3.63, 3.8) is 0 Å². The third-order valence-electron chi connectivity index (χ3n) is 6.05. The summed E-state index contributed by atoms with van der Waals surface area (Å²) >= 11 is 0. The number of carboxylic acids is 2. The zero-order chi connectivity index (χ0) is 26.3. The Morgan fingerprint density at radius 2 is 1.67 bits per heavy atom. The van der Waals surface area contributed by atoms with Gasteiger partial charge in [-0.1, -0.05) is 36.4 Å². The van der Waals surface area contributed by atoms with Gasteiger partial charge in [0, 0.05) is 0 Å². The lowest BCUT2D eigenvalue weighted by atomic mass is 9.81. The molecule has 0 aromatic heterocycles. The molecule has 3 aromatic carbocycles. The molecular weight excluding hydrogens is 465 g/mol. The van der Waals surface area contributed by atoms with Gasteiger partial charge in [0.2, 0.25) is 0 Å². The molecule has 1 aliphatic rings. The van der Waals surface area contributed by atoms with E-state index in [1.165, 1.54) is 23.3 Å². The van der Waals surface area contributed by atoms with E-state index < -0.39 is 17.5 Å². The minimum Gasteiger partial charge on any atom is -0.497 e. The summed E-state index contributed by atoms with van der Waals surface area (Å²) in [5.41, 5.74) is 5.09. The molecule has 0 spiro atoms. The number of aliphatic carboxylic acids is 2. The molecule has 7 nitrogen and oxygen atoms in total. The first-order chi connectivity index (χ1) is 17.2. The van der Waals surface area contributed by atoms with Gasteiger partial charge < -0.3 is 24.6 Å². The van der Waals surface area contributed by atoms with Crippen LogP contribution in [0.1, 0.15) is 29.5 Å². The summed E-state index contributed by atoms with van der Waals surface area (Å²) < 4.78 is 25.5. The maximum atomic E-state index is 13.6. The summed E-state index contributed by atoms with van der Waals surface area (Å²) in [7, 11) is 5.84. The van der Waals surface area contributed by atoms with Crippen molar-refractivity contribution in [3.8, 4) is 16.9 Å². The molecule has 3 aromatic rings. The molecule has 36 heavy (non-hydrogen) atoms. The Morgan fingerprint density at radius 3 is 2.28 bits per heavy atom. The third kappa shape index (κ3) is 6.27. The molecule has 0 bridgehead atoms. The summed E-state index contributed by atoms with van der Waals surface area (Å²) in [4.78, 5) is 20.4. The lowest BCUT2D eigenvalue weighted by molar-refractivity contribution is -0.159. The van der Waals surface area contributed by atoms with Gasteiger partial charge in [0.25, 0.3) is 0 Å². The number of carbonyl (C=O) groups is 2. The van der Waals surface area contributed by atoms with Crippen LogP contribution >= 0.6 is 0 Å². The molecule has 4 rings (SSSR count). The van der Waals surface area contributed by atoms with Crippen LogP contribution in [0.5, 0.6) is 5.75 Å². The van der Waals surface area contributed by atoms with E-state index in [2.05, 4.69) is 43.3 Å². The fraction of sp³-hybridized carbons (Fsp3) is 0.286. The predicted octanol–water partition coefficient (Wildman–Crippen LogP) is 4.77. The molecule has 2 N–H and O–H groups in total. The van der Waals surface area contributed by atoms with Gasteiger partial charge in [0.05, 0.1) is 13.7 Å². The molecule has 1 heterocycles. The zero-order valence-electron chi connectivity index (χ0n) is 20.5. The first-order valence-corrected chi connectivity index (χ1v) is 11.4. The normalized spacial score (nSPS) is 16.1. The number of hydrogen-bond acceptors (Lipinski definition) is 5. The largest absolute Gasteiger partial charge is 0.497 e. The number of rotatable bonds is 7. The van der Waals surface area contributed by atoms with Crippen LogP contribution in [0.4, 0.5) is 4.39 Å². The van der Waals surface area contributed by atoms with Crippen LogP contribution < -0.4 is 4.74 Å². The Morgan fingerprint density at radius 1 is 1.00 bits per heavy atom. The number of ether oxygens (including phenoxy) is 2. The van der Waals surface area contributed by atoms with E-state index >= 15 is 0 Å². The van der Waals surface area contributed by atoms with Crippen molar-refractivity contribution < 1.29 is 33.7 Å². The van der Waals surface area contributed by atoms with Gasteiger partial charge >= 0.3 is 11.9 Å². The predicted molar refractivity (Wildman–Crippen MR) is 133 cm³/mol. The highest BCUT2D eigenvalue weighted by atomic mass is 19.1. The van der Waals surface area contributed by atoms with Crippen molar-refractivity contribution >= 4 is 11.9 Å². The molecule has 1 aliphatic heterocycles. The number of carboxylic acid groups (broad SMARTS) is 2. The second-order valence-electron chi connectivity index (χ2n) is 8.74. The fourth-order valence-electron chi connectivity index (χ4n) is 4.32. The number of fused-ring (bicyclic) bond motifs is 1. The van der Waals surface area contributed by atoms with Crippen LogP contribution in [0.2, 0.25) is 0 Å². The molecule has 1 unspecified atom stereocenters. The maximum Gasteiger partial charge on any atom is 0.414 e. The molecule has 0 amide bonds. The maximum absolute atomic E-state index is 13.6. The molecule has 0 radical (unpaired) electrons. The third-order valence-corrected chi connectivity index (χ3v) is 6.05. The Kier molecular flexibility index (Phi) is 8.79. The number of methoxy groups -OCH3 is 1. The molecule has 0 saturated heterocycles. The van der Waals surface area contributed by atoms with Gasteiger partial charge in [-0.05, 0) is 91.6 Å². The average molecular weight is 496 g/mol. The van der Waals surface area contributed by atoms with E-state index in [1.807, 2.05) is 30.3 Å². The van der Waals surface area contributed by atoms with Crippen LogP contribution in [0.3, 0.4) is 0 Å². The summed E-state index contributed by atoms with van der Waals surface area (Å²) in [5.74, 6) is -3.03. The molecule has 190 valence electrons. The number of halogens is 1. The van der Waals surface area contributed by atoms with Gasteiger partial charge in [-0.25, -0.2) is 14.0 Å². The summed E-state index contributed by atoms with van der Waals surface area (Å²) in [6.45, 7) is 1.52. The summed E-state index contributed by atoms with van der Waals surface area (Å²) in [5, 5.41) is 14.8. The summed E-state index contributed by atoms with van der Waals surface area (Å²) in [6.07, 6.45) is 1.84.